The van der Waals surface area contributed by atoms with Crippen LogP contribution in [0.15, 0.2) is 75.0 Å². The van der Waals surface area contributed by atoms with Gasteiger partial charge in [-0.3, -0.25) is 14.8 Å². The summed E-state index contributed by atoms with van der Waals surface area (Å²) in [6.45, 7) is 13.3. The minimum atomic E-state index is -0.618. The monoisotopic (exact) mass is 549 g/mol. The van der Waals surface area contributed by atoms with Crippen molar-refractivity contribution < 1.29 is 13.9 Å². The number of ether oxygens (including phenoxy) is 1. The van der Waals surface area contributed by atoms with Gasteiger partial charge in [-0.1, -0.05) is 18.2 Å². The summed E-state index contributed by atoms with van der Waals surface area (Å²) in [7, 11) is 0. The third-order valence-electron chi connectivity index (χ3n) is 6.97. The van der Waals surface area contributed by atoms with E-state index in [1.54, 1.807) is 25.3 Å². The average Bonchev–Trinajstić information content (AvgIpc) is 3.36. The summed E-state index contributed by atoms with van der Waals surface area (Å²) in [5.74, 6) is 0.0758. The van der Waals surface area contributed by atoms with Crippen LogP contribution in [0.2, 0.25) is 0 Å². The Morgan fingerprint density at radius 3 is 2.51 bits per heavy atom. The van der Waals surface area contributed by atoms with Crippen LogP contribution in [0.4, 0.5) is 5.69 Å². The number of hydrogen-bond acceptors (Lipinski definition) is 7. The van der Waals surface area contributed by atoms with Gasteiger partial charge in [0.15, 0.2) is 5.43 Å². The molecule has 0 fully saturated rings. The molecule has 2 atom stereocenters. The van der Waals surface area contributed by atoms with E-state index in [2.05, 4.69) is 21.4 Å². The van der Waals surface area contributed by atoms with E-state index in [1.165, 1.54) is 0 Å². The van der Waals surface area contributed by atoms with Crippen molar-refractivity contribution in [3.05, 3.63) is 99.0 Å². The predicted molar refractivity (Wildman–Crippen MR) is 165 cm³/mol. The maximum atomic E-state index is 13.6. The van der Waals surface area contributed by atoms with E-state index in [4.69, 9.17) is 9.15 Å². The first-order chi connectivity index (χ1) is 19.4. The highest BCUT2D eigenvalue weighted by molar-refractivity contribution is 6.11. The van der Waals surface area contributed by atoms with Gasteiger partial charge >= 0.3 is 5.97 Å². The van der Waals surface area contributed by atoms with E-state index in [-0.39, 0.29) is 17.5 Å². The van der Waals surface area contributed by atoms with Gasteiger partial charge in [0.25, 0.3) is 0 Å². The van der Waals surface area contributed by atoms with Crippen molar-refractivity contribution in [2.24, 2.45) is 4.99 Å². The number of nitrogens with one attached hydrogen (secondary N) is 1. The van der Waals surface area contributed by atoms with Crippen LogP contribution < -0.4 is 10.7 Å². The Kier molecular flexibility index (Phi) is 7.39. The number of hydrogen-bond donors (Lipinski definition) is 1. The van der Waals surface area contributed by atoms with Gasteiger partial charge in [0.05, 0.1) is 28.7 Å². The summed E-state index contributed by atoms with van der Waals surface area (Å²) in [4.78, 5) is 35.5. The predicted octanol–water partition coefficient (Wildman–Crippen LogP) is 7.46. The lowest BCUT2D eigenvalue weighted by atomic mass is 9.98. The summed E-state index contributed by atoms with van der Waals surface area (Å²) < 4.78 is 12.1. The molecule has 0 bridgehead atoms. The van der Waals surface area contributed by atoms with Crippen molar-refractivity contribution >= 4 is 34.4 Å². The molecule has 210 valence electrons. The molecule has 0 amide bonds. The molecule has 0 saturated carbocycles. The smallest absolute Gasteiger partial charge is 0.340 e. The molecule has 1 aliphatic heterocycles. The maximum absolute atomic E-state index is 13.6. The summed E-state index contributed by atoms with van der Waals surface area (Å²) in [6.07, 6.45) is 5.63. The Morgan fingerprint density at radius 2 is 1.85 bits per heavy atom. The lowest BCUT2D eigenvalue weighted by molar-refractivity contribution is 0.00706. The second-order valence-electron chi connectivity index (χ2n) is 11.6. The number of pyridine rings is 1. The molecule has 7 nitrogen and oxygen atoms in total. The van der Waals surface area contributed by atoms with E-state index >= 15 is 0 Å². The zero-order valence-corrected chi connectivity index (χ0v) is 24.5. The standard InChI is InChI=1S/C34H35N3O4/c1-19-14-26(22(4)37-29-11-9-8-10-25(29)33(39)41-34(5,6)7)32-27(15-19)30(38)21(3)31(40-32)23-12-13-28(36-17-23)24-16-20(2)35-18-24/h8-18,20,22,37H,1-7H3/t20?,22-/m1/s1. The van der Waals surface area contributed by atoms with Crippen LogP contribution in [-0.4, -0.2) is 28.8 Å². The van der Waals surface area contributed by atoms with Crippen LogP contribution >= 0.6 is 0 Å². The number of anilines is 1. The van der Waals surface area contributed by atoms with Crippen molar-refractivity contribution in [2.45, 2.75) is 66.2 Å². The summed E-state index contributed by atoms with van der Waals surface area (Å²) in [5, 5.41) is 3.97. The van der Waals surface area contributed by atoms with Gasteiger partial charge in [-0.25, -0.2) is 4.79 Å². The van der Waals surface area contributed by atoms with E-state index in [0.29, 0.717) is 33.5 Å². The molecule has 41 heavy (non-hydrogen) atoms. The van der Waals surface area contributed by atoms with E-state index in [9.17, 15) is 9.59 Å². The molecule has 1 aliphatic rings. The first-order valence-corrected chi connectivity index (χ1v) is 13.8. The second-order valence-corrected chi connectivity index (χ2v) is 11.6. The molecule has 2 aromatic carbocycles. The fourth-order valence-electron chi connectivity index (χ4n) is 4.99. The Labute approximate surface area is 240 Å². The third kappa shape index (κ3) is 5.85. The average molecular weight is 550 g/mol. The van der Waals surface area contributed by atoms with Crippen LogP contribution in [-0.2, 0) is 4.74 Å². The lowest BCUT2D eigenvalue weighted by Gasteiger charge is -2.23. The molecular weight excluding hydrogens is 514 g/mol. The molecule has 0 saturated heterocycles. The Bertz CT molecular complexity index is 1760. The maximum Gasteiger partial charge on any atom is 0.340 e. The second kappa shape index (κ2) is 10.8. The molecule has 0 radical (unpaired) electrons. The van der Waals surface area contributed by atoms with Crippen molar-refractivity contribution in [3.8, 4) is 11.3 Å². The highest BCUT2D eigenvalue weighted by Gasteiger charge is 2.23. The number of nitrogens with zero attached hydrogens (tertiary/aromatic N) is 2. The zero-order valence-electron chi connectivity index (χ0n) is 24.5. The number of fused-ring (bicyclic) bond motifs is 1. The Hall–Kier alpha value is -4.52. The van der Waals surface area contributed by atoms with Crippen molar-refractivity contribution in [1.29, 1.82) is 0 Å². The fraction of sp³-hybridized carbons (Fsp3) is 0.294. The van der Waals surface area contributed by atoms with E-state index in [0.717, 1.165) is 28.0 Å². The summed E-state index contributed by atoms with van der Waals surface area (Å²) in [5.41, 5.74) is 5.65. The SMILES string of the molecule is Cc1cc([C@@H](C)Nc2ccccc2C(=O)OC(C)(C)C)c2oc(-c3ccc(C4=CC(C)N=C4)nc3)c(C)c(=O)c2c1. The summed E-state index contributed by atoms with van der Waals surface area (Å²) >= 11 is 0. The van der Waals surface area contributed by atoms with Gasteiger partial charge in [0, 0.05) is 40.4 Å². The minimum absolute atomic E-state index is 0.0870. The number of allylic oxidation sites excluding steroid dienone is 1. The molecule has 3 heterocycles. The normalized spacial score (nSPS) is 15.6. The highest BCUT2D eigenvalue weighted by atomic mass is 16.6. The molecular formula is C34H35N3O4. The van der Waals surface area contributed by atoms with E-state index < -0.39 is 11.6 Å². The number of aromatic nitrogens is 1. The van der Waals surface area contributed by atoms with Crippen LogP contribution in [0.25, 0.3) is 27.9 Å². The molecule has 4 aromatic rings. The number of rotatable bonds is 6. The van der Waals surface area contributed by atoms with Crippen LogP contribution in [0.3, 0.4) is 0 Å². The van der Waals surface area contributed by atoms with Gasteiger partial charge in [0.2, 0.25) is 0 Å². The number of benzene rings is 2. The number of esters is 1. The number of aliphatic imine (C=N–C) groups is 1. The van der Waals surface area contributed by atoms with Crippen molar-refractivity contribution in [1.82, 2.24) is 4.98 Å². The van der Waals surface area contributed by atoms with Crippen molar-refractivity contribution in [2.75, 3.05) is 5.32 Å². The van der Waals surface area contributed by atoms with Crippen LogP contribution in [0.1, 0.15) is 73.4 Å². The van der Waals surface area contributed by atoms with Gasteiger partial charge in [0.1, 0.15) is 16.9 Å². The van der Waals surface area contributed by atoms with Gasteiger partial charge < -0.3 is 14.5 Å². The van der Waals surface area contributed by atoms with Gasteiger partial charge in [-0.2, -0.15) is 0 Å². The van der Waals surface area contributed by atoms with Gasteiger partial charge in [-0.15, -0.1) is 0 Å². The quantitative estimate of drug-likeness (QED) is 0.251. The molecule has 0 aliphatic carbocycles. The Balaban J connectivity index is 1.55. The number of carbonyl (C=O) groups excluding carboxylic acids is 1. The highest BCUT2D eigenvalue weighted by Crippen LogP contribution is 2.33. The largest absolute Gasteiger partial charge is 0.456 e. The first kappa shape index (κ1) is 28.0. The van der Waals surface area contributed by atoms with Crippen LogP contribution in [0.5, 0.6) is 0 Å². The molecule has 1 N–H and O–H groups in total. The topological polar surface area (TPSA) is 93.8 Å². The third-order valence-corrected chi connectivity index (χ3v) is 6.97. The molecule has 2 aromatic heterocycles. The number of aryl methyl sites for hydroxylation is 1. The number of carbonyl (C=O) groups is 1. The molecule has 5 rings (SSSR count). The minimum Gasteiger partial charge on any atom is -0.456 e. The lowest BCUT2D eigenvalue weighted by Crippen LogP contribution is -2.24. The first-order valence-electron chi connectivity index (χ1n) is 13.8. The molecule has 0 spiro atoms. The van der Waals surface area contributed by atoms with E-state index in [1.807, 2.05) is 84.2 Å². The molecule has 7 heteroatoms. The summed E-state index contributed by atoms with van der Waals surface area (Å²) in [6, 6.07) is 14.8. The zero-order chi connectivity index (χ0) is 29.5. The molecule has 1 unspecified atom stereocenters. The Morgan fingerprint density at radius 1 is 1.10 bits per heavy atom. The van der Waals surface area contributed by atoms with Gasteiger partial charge in [-0.05, 0) is 90.4 Å². The van der Waals surface area contributed by atoms with Crippen LogP contribution in [0, 0.1) is 13.8 Å². The fourth-order valence-corrected chi connectivity index (χ4v) is 4.99. The van der Waals surface area contributed by atoms with Crippen molar-refractivity contribution in [3.63, 3.8) is 0 Å². The number of para-hydroxylation sites is 1.